The molecule has 0 spiro atoms. The molecule has 3 N–H and O–H groups in total. The zero-order valence-corrected chi connectivity index (χ0v) is 14.5. The van der Waals surface area contributed by atoms with Crippen molar-refractivity contribution in [2.75, 3.05) is 11.9 Å². The molecule has 7 nitrogen and oxygen atoms in total. The molecule has 0 radical (unpaired) electrons. The van der Waals surface area contributed by atoms with Crippen LogP contribution in [0.1, 0.15) is 12.5 Å². The second-order valence-corrected chi connectivity index (χ2v) is 6.47. The molecule has 0 unspecified atom stereocenters. The van der Waals surface area contributed by atoms with E-state index in [4.69, 9.17) is 0 Å². The molecule has 0 bridgehead atoms. The van der Waals surface area contributed by atoms with E-state index in [1.54, 1.807) is 6.92 Å². The summed E-state index contributed by atoms with van der Waals surface area (Å²) in [7, 11) is 0. The van der Waals surface area contributed by atoms with Crippen molar-refractivity contribution in [1.29, 1.82) is 0 Å². The summed E-state index contributed by atoms with van der Waals surface area (Å²) in [5, 5.41) is 12.5. The summed E-state index contributed by atoms with van der Waals surface area (Å²) in [6.07, 6.45) is 1.11. The number of nitrogens with zero attached hydrogens (tertiary/aromatic N) is 3. The van der Waals surface area contributed by atoms with Gasteiger partial charge in [0.15, 0.2) is 28.3 Å². The average Bonchev–Trinajstić information content (AvgIpc) is 2.62. The molecule has 136 valence electrons. The topological polar surface area (TPSA) is 104 Å². The first-order valence-electron chi connectivity index (χ1n) is 7.68. The van der Waals surface area contributed by atoms with Crippen molar-refractivity contribution < 1.29 is 13.9 Å². The second-order valence-electron chi connectivity index (χ2n) is 5.53. The fourth-order valence-corrected chi connectivity index (χ4v) is 2.98. The number of aliphatic hydroxyl groups excluding tert-OH is 1. The van der Waals surface area contributed by atoms with Crippen LogP contribution >= 0.6 is 11.8 Å². The Kier molecular flexibility index (Phi) is 5.43. The number of aromatic nitrogens is 4. The molecule has 0 aliphatic rings. The zero-order chi connectivity index (χ0) is 18.7. The number of aromatic amines is 1. The molecule has 1 atom stereocenters. The summed E-state index contributed by atoms with van der Waals surface area (Å²) >= 11 is 1.08. The third-order valence-corrected chi connectivity index (χ3v) is 4.36. The minimum absolute atomic E-state index is 0.106. The lowest BCUT2D eigenvalue weighted by atomic mass is 10.2. The van der Waals surface area contributed by atoms with E-state index in [2.05, 4.69) is 25.3 Å². The van der Waals surface area contributed by atoms with Gasteiger partial charge in [-0.05, 0) is 13.0 Å². The molecular weight excluding hydrogens is 364 g/mol. The number of rotatable bonds is 6. The maximum Gasteiger partial charge on any atom is 0.268 e. The van der Waals surface area contributed by atoms with Crippen molar-refractivity contribution in [2.45, 2.75) is 23.9 Å². The van der Waals surface area contributed by atoms with Gasteiger partial charge in [0.25, 0.3) is 5.56 Å². The first-order valence-corrected chi connectivity index (χ1v) is 8.66. The number of fused-ring (bicyclic) bond motifs is 1. The average molecular weight is 379 g/mol. The third-order valence-electron chi connectivity index (χ3n) is 3.46. The number of halogens is 2. The van der Waals surface area contributed by atoms with Crippen molar-refractivity contribution in [3.05, 3.63) is 51.9 Å². The maximum atomic E-state index is 13.8. The highest BCUT2D eigenvalue weighted by molar-refractivity contribution is 7.98. The Hall–Kier alpha value is -2.59. The minimum atomic E-state index is -0.921. The highest BCUT2D eigenvalue weighted by Gasteiger charge is 2.14. The lowest BCUT2D eigenvalue weighted by molar-refractivity contribution is 0.281. The smallest absolute Gasteiger partial charge is 0.268 e. The summed E-state index contributed by atoms with van der Waals surface area (Å²) in [5.41, 5.74) is 0.301. The molecule has 0 saturated heterocycles. The summed E-state index contributed by atoms with van der Waals surface area (Å²) in [6.45, 7) is 1.61. The quantitative estimate of drug-likeness (QED) is 0.445. The number of anilines is 1. The zero-order valence-electron chi connectivity index (χ0n) is 13.7. The van der Waals surface area contributed by atoms with Crippen molar-refractivity contribution in [2.24, 2.45) is 0 Å². The Bertz CT molecular complexity index is 998. The Morgan fingerprint density at radius 2 is 2.15 bits per heavy atom. The van der Waals surface area contributed by atoms with Crippen LogP contribution in [-0.2, 0) is 5.75 Å². The van der Waals surface area contributed by atoms with Crippen molar-refractivity contribution in [1.82, 2.24) is 19.9 Å². The van der Waals surface area contributed by atoms with Crippen LogP contribution in [0.5, 0.6) is 0 Å². The molecule has 0 amide bonds. The number of nitrogens with one attached hydrogen (secondary N) is 2. The van der Waals surface area contributed by atoms with Gasteiger partial charge < -0.3 is 15.4 Å². The molecule has 1 aromatic carbocycles. The lowest BCUT2D eigenvalue weighted by Crippen LogP contribution is -2.21. The van der Waals surface area contributed by atoms with E-state index in [0.717, 1.165) is 24.0 Å². The van der Waals surface area contributed by atoms with Gasteiger partial charge in [-0.25, -0.2) is 23.7 Å². The van der Waals surface area contributed by atoms with Crippen LogP contribution in [0.4, 0.5) is 14.6 Å². The van der Waals surface area contributed by atoms with Gasteiger partial charge >= 0.3 is 0 Å². The van der Waals surface area contributed by atoms with Crippen LogP contribution in [-0.4, -0.2) is 37.7 Å². The fraction of sp³-hybridized carbons (Fsp3) is 0.250. The molecule has 2 aromatic heterocycles. The minimum Gasteiger partial charge on any atom is -0.394 e. The number of thioether (sulfide) groups is 1. The number of aliphatic hydroxyl groups is 1. The number of hydrogen-bond donors (Lipinski definition) is 3. The molecule has 2 heterocycles. The Balaban J connectivity index is 1.94. The first-order chi connectivity index (χ1) is 12.5. The predicted molar refractivity (Wildman–Crippen MR) is 94.0 cm³/mol. The SMILES string of the molecule is C[C@@H](CO)Nc1nc(SCc2cccc(F)c2F)nc2[nH]c(=O)cnc12. The summed E-state index contributed by atoms with van der Waals surface area (Å²) < 4.78 is 27.1. The molecule has 0 saturated carbocycles. The van der Waals surface area contributed by atoms with E-state index in [1.165, 1.54) is 12.1 Å². The van der Waals surface area contributed by atoms with Crippen molar-refractivity contribution in [3.63, 3.8) is 0 Å². The van der Waals surface area contributed by atoms with Crippen LogP contribution in [0.2, 0.25) is 0 Å². The number of H-pyrrole nitrogens is 1. The highest BCUT2D eigenvalue weighted by Crippen LogP contribution is 2.25. The van der Waals surface area contributed by atoms with E-state index in [-0.39, 0.29) is 34.8 Å². The van der Waals surface area contributed by atoms with E-state index in [9.17, 15) is 18.7 Å². The summed E-state index contributed by atoms with van der Waals surface area (Å²) in [5.74, 6) is -1.40. The van der Waals surface area contributed by atoms with Gasteiger partial charge in [-0.3, -0.25) is 4.79 Å². The largest absolute Gasteiger partial charge is 0.394 e. The van der Waals surface area contributed by atoms with Crippen LogP contribution in [0.3, 0.4) is 0 Å². The van der Waals surface area contributed by atoms with E-state index in [0.29, 0.717) is 11.3 Å². The van der Waals surface area contributed by atoms with Gasteiger partial charge in [-0.1, -0.05) is 23.9 Å². The third kappa shape index (κ3) is 3.97. The predicted octanol–water partition coefficient (Wildman–Crippen LogP) is 2.08. The van der Waals surface area contributed by atoms with Crippen LogP contribution in [0.25, 0.3) is 11.2 Å². The van der Waals surface area contributed by atoms with E-state index >= 15 is 0 Å². The molecule has 3 rings (SSSR count). The highest BCUT2D eigenvalue weighted by atomic mass is 32.2. The second kappa shape index (κ2) is 7.75. The molecular formula is C16H15F2N5O2S. The Morgan fingerprint density at radius 1 is 1.35 bits per heavy atom. The molecule has 3 aromatic rings. The van der Waals surface area contributed by atoms with Gasteiger partial charge in [0.2, 0.25) is 0 Å². The van der Waals surface area contributed by atoms with Gasteiger partial charge in [-0.15, -0.1) is 0 Å². The van der Waals surface area contributed by atoms with Crippen LogP contribution in [0, 0.1) is 11.6 Å². The molecule has 0 aliphatic heterocycles. The molecule has 0 aliphatic carbocycles. The standard InChI is InChI=1S/C16H15F2N5O2S/c1-8(6-24)20-14-13-15(21-11(25)5-19-13)23-16(22-14)26-7-9-3-2-4-10(17)12(9)18/h2-5,8,24H,6-7H2,1H3,(H2,20,21,22,23,25)/t8-/m0/s1. The monoisotopic (exact) mass is 379 g/mol. The molecule has 0 fully saturated rings. The fourth-order valence-electron chi connectivity index (χ4n) is 2.16. The van der Waals surface area contributed by atoms with Gasteiger partial charge in [0.05, 0.1) is 12.8 Å². The first kappa shape index (κ1) is 18.2. The number of benzene rings is 1. The molecule has 26 heavy (non-hydrogen) atoms. The Labute approximate surface area is 150 Å². The number of hydrogen-bond acceptors (Lipinski definition) is 7. The van der Waals surface area contributed by atoms with Gasteiger partial charge in [0, 0.05) is 17.4 Å². The van der Waals surface area contributed by atoms with Crippen molar-refractivity contribution in [3.8, 4) is 0 Å². The van der Waals surface area contributed by atoms with Gasteiger partial charge in [0.1, 0.15) is 5.52 Å². The van der Waals surface area contributed by atoms with Crippen molar-refractivity contribution >= 4 is 28.7 Å². The van der Waals surface area contributed by atoms with Gasteiger partial charge in [-0.2, -0.15) is 0 Å². The Morgan fingerprint density at radius 3 is 2.92 bits per heavy atom. The van der Waals surface area contributed by atoms with E-state index in [1.807, 2.05) is 0 Å². The lowest BCUT2D eigenvalue weighted by Gasteiger charge is -2.13. The normalized spacial score (nSPS) is 12.3. The molecule has 10 heteroatoms. The maximum absolute atomic E-state index is 13.8. The summed E-state index contributed by atoms with van der Waals surface area (Å²) in [4.78, 5) is 26.6. The van der Waals surface area contributed by atoms with Crippen LogP contribution in [0.15, 0.2) is 34.3 Å². The summed E-state index contributed by atoms with van der Waals surface area (Å²) in [6, 6.07) is 3.64. The van der Waals surface area contributed by atoms with Crippen LogP contribution < -0.4 is 10.9 Å². The van der Waals surface area contributed by atoms with E-state index < -0.39 is 17.2 Å².